The number of ether oxygens (including phenoxy) is 3. The Kier molecular flexibility index (Phi) is 6.92. The maximum Gasteiger partial charge on any atom is 0.335 e. The van der Waals surface area contributed by atoms with Gasteiger partial charge in [-0.1, -0.05) is 18.2 Å². The van der Waals surface area contributed by atoms with E-state index in [0.717, 1.165) is 11.1 Å². The second-order valence-corrected chi connectivity index (χ2v) is 4.36. The summed E-state index contributed by atoms with van der Waals surface area (Å²) in [5, 5.41) is 8.99. The van der Waals surface area contributed by atoms with Gasteiger partial charge in [-0.3, -0.25) is 0 Å². The Morgan fingerprint density at radius 3 is 2.00 bits per heavy atom. The summed E-state index contributed by atoms with van der Waals surface area (Å²) in [7, 11) is 6.39. The first kappa shape index (κ1) is 17.5. The number of carboxylic acids is 1. The van der Waals surface area contributed by atoms with E-state index in [1.54, 1.807) is 52.7 Å². The highest BCUT2D eigenvalue weighted by molar-refractivity contribution is 5.89. The van der Waals surface area contributed by atoms with Crippen LogP contribution in [0.25, 0.3) is 11.1 Å². The predicted octanol–water partition coefficient (Wildman–Crippen LogP) is 3.33. The average Bonchev–Trinajstić information content (AvgIpc) is 2.55. The zero-order chi connectivity index (χ0) is 16.5. The maximum atomic E-state index is 11.0. The first-order valence-corrected chi connectivity index (χ1v) is 6.53. The lowest BCUT2D eigenvalue weighted by molar-refractivity contribution is 0.0697. The molecule has 0 aliphatic heterocycles. The van der Waals surface area contributed by atoms with E-state index < -0.39 is 5.97 Å². The minimum Gasteiger partial charge on any atom is -0.493 e. The summed E-state index contributed by atoms with van der Waals surface area (Å²) >= 11 is 0. The number of aromatic carboxylic acids is 1. The van der Waals surface area contributed by atoms with Gasteiger partial charge in [0.2, 0.25) is 0 Å². The van der Waals surface area contributed by atoms with Gasteiger partial charge in [-0.05, 0) is 35.4 Å². The van der Waals surface area contributed by atoms with E-state index in [4.69, 9.17) is 14.6 Å². The summed E-state index contributed by atoms with van der Waals surface area (Å²) in [6, 6.07) is 12.2. The lowest BCUT2D eigenvalue weighted by Crippen LogP contribution is -1.96. The molecule has 2 aromatic rings. The Morgan fingerprint density at radius 1 is 0.864 bits per heavy atom. The van der Waals surface area contributed by atoms with Crippen LogP contribution < -0.4 is 9.47 Å². The molecule has 0 heterocycles. The molecule has 0 aliphatic carbocycles. The molecule has 0 radical (unpaired) electrons. The molecule has 0 fully saturated rings. The van der Waals surface area contributed by atoms with Gasteiger partial charge < -0.3 is 19.3 Å². The number of benzene rings is 2. The predicted molar refractivity (Wildman–Crippen MR) is 84.9 cm³/mol. The van der Waals surface area contributed by atoms with Crippen molar-refractivity contribution in [3.8, 4) is 22.6 Å². The van der Waals surface area contributed by atoms with Gasteiger partial charge in [0.15, 0.2) is 11.5 Å². The minimum absolute atomic E-state index is 0.257. The third-order valence-corrected chi connectivity index (χ3v) is 2.83. The summed E-state index contributed by atoms with van der Waals surface area (Å²) in [5.74, 6) is 0.309. The van der Waals surface area contributed by atoms with Gasteiger partial charge in [0.05, 0.1) is 19.8 Å². The Hall–Kier alpha value is -2.53. The second-order valence-electron chi connectivity index (χ2n) is 4.36. The SMILES string of the molecule is COC.COc1ccc(-c2cccc(C(=O)O)c2)cc1OC. The van der Waals surface area contributed by atoms with Gasteiger partial charge in [0.1, 0.15) is 0 Å². The smallest absolute Gasteiger partial charge is 0.335 e. The summed E-state index contributed by atoms with van der Waals surface area (Å²) in [6.45, 7) is 0. The fourth-order valence-corrected chi connectivity index (χ4v) is 1.85. The van der Waals surface area contributed by atoms with Crippen molar-refractivity contribution in [2.45, 2.75) is 0 Å². The second kappa shape index (κ2) is 8.69. The molecule has 5 heteroatoms. The first-order valence-electron chi connectivity index (χ1n) is 6.53. The molecule has 2 aromatic carbocycles. The van der Waals surface area contributed by atoms with E-state index in [1.165, 1.54) is 0 Å². The lowest BCUT2D eigenvalue weighted by Gasteiger charge is -2.10. The standard InChI is InChI=1S/C15H14O4.C2H6O/c1-18-13-7-6-11(9-14(13)19-2)10-4-3-5-12(8-10)15(16)17;1-3-2/h3-9H,1-2H3,(H,16,17);1-2H3. The Labute approximate surface area is 130 Å². The number of carboxylic acid groups (broad SMARTS) is 1. The van der Waals surface area contributed by atoms with Gasteiger partial charge in [0.25, 0.3) is 0 Å². The number of methoxy groups -OCH3 is 3. The monoisotopic (exact) mass is 304 g/mol. The third-order valence-electron chi connectivity index (χ3n) is 2.83. The van der Waals surface area contributed by atoms with E-state index in [-0.39, 0.29) is 5.56 Å². The van der Waals surface area contributed by atoms with E-state index in [9.17, 15) is 4.79 Å². The Balaban J connectivity index is 0.000000745. The largest absolute Gasteiger partial charge is 0.493 e. The molecule has 118 valence electrons. The van der Waals surface area contributed by atoms with Crippen LogP contribution in [-0.2, 0) is 4.74 Å². The van der Waals surface area contributed by atoms with Crippen molar-refractivity contribution in [2.75, 3.05) is 28.4 Å². The van der Waals surface area contributed by atoms with Gasteiger partial charge in [-0.15, -0.1) is 0 Å². The molecule has 0 spiro atoms. The molecular formula is C17H20O5. The highest BCUT2D eigenvalue weighted by Gasteiger charge is 2.08. The fraction of sp³-hybridized carbons (Fsp3) is 0.235. The highest BCUT2D eigenvalue weighted by Crippen LogP contribution is 2.32. The van der Waals surface area contributed by atoms with Crippen LogP contribution in [0.4, 0.5) is 0 Å². The van der Waals surface area contributed by atoms with Crippen LogP contribution in [0.15, 0.2) is 42.5 Å². The normalized spacial score (nSPS) is 9.45. The van der Waals surface area contributed by atoms with Gasteiger partial charge in [-0.25, -0.2) is 4.79 Å². The molecule has 0 saturated heterocycles. The number of hydrogen-bond donors (Lipinski definition) is 1. The molecule has 2 rings (SSSR count). The van der Waals surface area contributed by atoms with Crippen molar-refractivity contribution >= 4 is 5.97 Å². The molecule has 0 aromatic heterocycles. The molecule has 0 aliphatic rings. The minimum atomic E-state index is -0.942. The van der Waals surface area contributed by atoms with Crippen molar-refractivity contribution in [3.05, 3.63) is 48.0 Å². The van der Waals surface area contributed by atoms with Crippen LogP contribution in [0.5, 0.6) is 11.5 Å². The maximum absolute atomic E-state index is 11.0. The number of carbonyl (C=O) groups is 1. The molecule has 0 bridgehead atoms. The van der Waals surface area contributed by atoms with Crippen LogP contribution in [0.2, 0.25) is 0 Å². The van der Waals surface area contributed by atoms with Crippen molar-refractivity contribution < 1.29 is 24.1 Å². The highest BCUT2D eigenvalue weighted by atomic mass is 16.5. The summed E-state index contributed by atoms with van der Waals surface area (Å²) in [5.41, 5.74) is 1.95. The van der Waals surface area contributed by atoms with Crippen molar-refractivity contribution in [1.82, 2.24) is 0 Å². The zero-order valence-corrected chi connectivity index (χ0v) is 13.1. The molecule has 1 N–H and O–H groups in total. The van der Waals surface area contributed by atoms with Crippen molar-refractivity contribution in [3.63, 3.8) is 0 Å². The summed E-state index contributed by atoms with van der Waals surface area (Å²) < 4.78 is 14.7. The van der Waals surface area contributed by atoms with E-state index in [2.05, 4.69) is 4.74 Å². The van der Waals surface area contributed by atoms with Crippen LogP contribution in [-0.4, -0.2) is 39.5 Å². The van der Waals surface area contributed by atoms with E-state index >= 15 is 0 Å². The molecule has 5 nitrogen and oxygen atoms in total. The number of hydrogen-bond acceptors (Lipinski definition) is 4. The van der Waals surface area contributed by atoms with Gasteiger partial charge in [0, 0.05) is 14.2 Å². The van der Waals surface area contributed by atoms with Crippen molar-refractivity contribution in [1.29, 1.82) is 0 Å². The molecule has 0 amide bonds. The average molecular weight is 304 g/mol. The molecule has 0 atom stereocenters. The summed E-state index contributed by atoms with van der Waals surface area (Å²) in [6.07, 6.45) is 0. The van der Waals surface area contributed by atoms with Crippen LogP contribution in [0.1, 0.15) is 10.4 Å². The topological polar surface area (TPSA) is 65.0 Å². The van der Waals surface area contributed by atoms with Gasteiger partial charge in [-0.2, -0.15) is 0 Å². The summed E-state index contributed by atoms with van der Waals surface area (Å²) in [4.78, 5) is 11.0. The molecule has 22 heavy (non-hydrogen) atoms. The zero-order valence-electron chi connectivity index (χ0n) is 13.1. The lowest BCUT2D eigenvalue weighted by atomic mass is 10.0. The van der Waals surface area contributed by atoms with Crippen LogP contribution >= 0.6 is 0 Å². The number of rotatable bonds is 4. The molecule has 0 unspecified atom stereocenters. The van der Waals surface area contributed by atoms with Crippen molar-refractivity contribution in [2.24, 2.45) is 0 Å². The first-order chi connectivity index (χ1) is 10.6. The quantitative estimate of drug-likeness (QED) is 0.938. The molecular weight excluding hydrogens is 284 g/mol. The van der Waals surface area contributed by atoms with E-state index in [1.807, 2.05) is 18.2 Å². The third kappa shape index (κ3) is 4.49. The van der Waals surface area contributed by atoms with Crippen LogP contribution in [0.3, 0.4) is 0 Å². The molecule has 0 saturated carbocycles. The van der Waals surface area contributed by atoms with Crippen LogP contribution in [0, 0.1) is 0 Å². The fourth-order valence-electron chi connectivity index (χ4n) is 1.85. The Bertz CT molecular complexity index is 622. The van der Waals surface area contributed by atoms with Gasteiger partial charge >= 0.3 is 5.97 Å². The van der Waals surface area contributed by atoms with E-state index in [0.29, 0.717) is 11.5 Å². The Morgan fingerprint density at radius 2 is 1.45 bits per heavy atom.